The van der Waals surface area contributed by atoms with Gasteiger partial charge in [-0.1, -0.05) is 48.0 Å². The van der Waals surface area contributed by atoms with Crippen LogP contribution in [0.25, 0.3) is 0 Å². The number of nitrogens with one attached hydrogen (secondary N) is 2. The zero-order chi connectivity index (χ0) is 20.6. The highest BCUT2D eigenvalue weighted by atomic mass is 35.5. The Labute approximate surface area is 179 Å². The van der Waals surface area contributed by atoms with E-state index in [4.69, 9.17) is 11.6 Å². The van der Waals surface area contributed by atoms with Crippen LogP contribution in [0.15, 0.2) is 66.0 Å². The Morgan fingerprint density at radius 2 is 1.83 bits per heavy atom. The third kappa shape index (κ3) is 6.15. The molecule has 2 N–H and O–H groups in total. The first kappa shape index (κ1) is 21.0. The van der Waals surface area contributed by atoms with Crippen LogP contribution in [-0.4, -0.2) is 36.9 Å². The number of benzene rings is 2. The van der Waals surface area contributed by atoms with Gasteiger partial charge in [0.15, 0.2) is 0 Å². The summed E-state index contributed by atoms with van der Waals surface area (Å²) >= 11 is 7.52. The molecular formula is C22H22ClN3O2S. The van der Waals surface area contributed by atoms with E-state index in [9.17, 15) is 9.59 Å². The van der Waals surface area contributed by atoms with Crippen LogP contribution in [0.1, 0.15) is 25.6 Å². The van der Waals surface area contributed by atoms with Gasteiger partial charge in [-0.2, -0.15) is 0 Å². The van der Waals surface area contributed by atoms with E-state index in [0.29, 0.717) is 27.7 Å². The molecule has 0 radical (unpaired) electrons. The molecule has 0 fully saturated rings. The lowest BCUT2D eigenvalue weighted by molar-refractivity contribution is 0.0948. The first-order chi connectivity index (χ1) is 14.0. The summed E-state index contributed by atoms with van der Waals surface area (Å²) in [5.41, 5.74) is 2.09. The lowest BCUT2D eigenvalue weighted by Gasteiger charge is -2.17. The molecule has 0 saturated carbocycles. The summed E-state index contributed by atoms with van der Waals surface area (Å²) in [6, 6.07) is 18.6. The Kier molecular flexibility index (Phi) is 7.41. The molecule has 0 unspecified atom stereocenters. The lowest BCUT2D eigenvalue weighted by atomic mass is 10.2. The van der Waals surface area contributed by atoms with E-state index in [1.807, 2.05) is 30.6 Å². The quantitative estimate of drug-likeness (QED) is 0.555. The fourth-order valence-electron chi connectivity index (χ4n) is 2.79. The van der Waals surface area contributed by atoms with E-state index in [0.717, 1.165) is 13.1 Å². The maximum Gasteiger partial charge on any atom is 0.265 e. The number of carbonyl (C=O) groups excluding carboxylic acids is 2. The number of hydrogen-bond donors (Lipinski definition) is 2. The molecule has 5 nitrogen and oxygen atoms in total. The summed E-state index contributed by atoms with van der Waals surface area (Å²) in [5.74, 6) is -0.455. The number of anilines is 1. The lowest BCUT2D eigenvalue weighted by Crippen LogP contribution is -2.32. The van der Waals surface area contributed by atoms with Gasteiger partial charge < -0.3 is 15.5 Å². The van der Waals surface area contributed by atoms with Crippen LogP contribution >= 0.6 is 22.9 Å². The predicted octanol–water partition coefficient (Wildman–Crippen LogP) is 4.52. The Morgan fingerprint density at radius 1 is 1.03 bits per heavy atom. The third-order valence-electron chi connectivity index (χ3n) is 4.30. The smallest absolute Gasteiger partial charge is 0.265 e. The zero-order valence-corrected chi connectivity index (χ0v) is 17.6. The normalized spacial score (nSPS) is 10.7. The van der Waals surface area contributed by atoms with Crippen molar-refractivity contribution in [3.63, 3.8) is 0 Å². The summed E-state index contributed by atoms with van der Waals surface area (Å²) in [4.78, 5) is 27.4. The first-order valence-corrected chi connectivity index (χ1v) is 10.4. The Bertz CT molecular complexity index is 961. The van der Waals surface area contributed by atoms with Crippen molar-refractivity contribution in [3.8, 4) is 0 Å². The first-order valence-electron chi connectivity index (χ1n) is 9.18. The zero-order valence-electron chi connectivity index (χ0n) is 16.0. The molecular weight excluding hydrogens is 406 g/mol. The van der Waals surface area contributed by atoms with Crippen LogP contribution in [-0.2, 0) is 6.54 Å². The molecule has 1 heterocycles. The summed E-state index contributed by atoms with van der Waals surface area (Å²) in [6.45, 7) is 2.05. The number of thiophene rings is 1. The Morgan fingerprint density at radius 3 is 2.55 bits per heavy atom. The minimum absolute atomic E-state index is 0.207. The van der Waals surface area contributed by atoms with Gasteiger partial charge in [0.05, 0.1) is 15.6 Å². The highest BCUT2D eigenvalue weighted by molar-refractivity contribution is 7.12. The van der Waals surface area contributed by atoms with E-state index in [1.165, 1.54) is 16.9 Å². The maximum atomic E-state index is 12.5. The molecule has 3 aromatic rings. The Hall–Kier alpha value is -2.67. The van der Waals surface area contributed by atoms with E-state index >= 15 is 0 Å². The van der Waals surface area contributed by atoms with Crippen molar-refractivity contribution in [2.75, 3.05) is 25.5 Å². The summed E-state index contributed by atoms with van der Waals surface area (Å²) in [7, 11) is 2.01. The summed E-state index contributed by atoms with van der Waals surface area (Å²) in [5, 5.41) is 7.88. The van der Waals surface area contributed by atoms with Crippen molar-refractivity contribution in [1.29, 1.82) is 0 Å². The van der Waals surface area contributed by atoms with Crippen LogP contribution in [0.3, 0.4) is 0 Å². The van der Waals surface area contributed by atoms with Crippen molar-refractivity contribution in [2.24, 2.45) is 0 Å². The van der Waals surface area contributed by atoms with Crippen LogP contribution in [0.2, 0.25) is 5.02 Å². The van der Waals surface area contributed by atoms with E-state index in [-0.39, 0.29) is 11.8 Å². The second-order valence-corrected chi connectivity index (χ2v) is 7.96. The highest BCUT2D eigenvalue weighted by Crippen LogP contribution is 2.24. The fraction of sp³-hybridized carbons (Fsp3) is 0.182. The monoisotopic (exact) mass is 427 g/mol. The number of likely N-dealkylation sites (N-methyl/N-ethyl adjacent to an activating group) is 1. The van der Waals surface area contributed by atoms with Gasteiger partial charge >= 0.3 is 0 Å². The fourth-order valence-corrected chi connectivity index (χ4v) is 3.57. The molecule has 3 rings (SSSR count). The molecule has 0 atom stereocenters. The highest BCUT2D eigenvalue weighted by Gasteiger charge is 2.13. The van der Waals surface area contributed by atoms with E-state index in [2.05, 4.69) is 27.7 Å². The van der Waals surface area contributed by atoms with Crippen molar-refractivity contribution >= 4 is 40.4 Å². The van der Waals surface area contributed by atoms with Crippen molar-refractivity contribution in [3.05, 3.63) is 87.1 Å². The third-order valence-corrected chi connectivity index (χ3v) is 5.49. The molecule has 0 aliphatic rings. The van der Waals surface area contributed by atoms with Crippen LogP contribution in [0.5, 0.6) is 0 Å². The molecule has 150 valence electrons. The molecule has 0 spiro atoms. The van der Waals surface area contributed by atoms with Gasteiger partial charge in [-0.3, -0.25) is 9.59 Å². The number of halogens is 1. The van der Waals surface area contributed by atoms with Gasteiger partial charge in [-0.25, -0.2) is 0 Å². The van der Waals surface area contributed by atoms with Crippen molar-refractivity contribution in [2.45, 2.75) is 6.54 Å². The van der Waals surface area contributed by atoms with E-state index < -0.39 is 0 Å². The second kappa shape index (κ2) is 10.2. The van der Waals surface area contributed by atoms with Crippen LogP contribution in [0.4, 0.5) is 5.69 Å². The van der Waals surface area contributed by atoms with Crippen molar-refractivity contribution < 1.29 is 9.59 Å². The van der Waals surface area contributed by atoms with Crippen molar-refractivity contribution in [1.82, 2.24) is 10.2 Å². The SMILES string of the molecule is CN(CCNC(=O)c1ccc(Cl)c(NC(=O)c2cccs2)c1)Cc1ccccc1. The number of amides is 2. The van der Waals surface area contributed by atoms with Gasteiger partial charge in [-0.15, -0.1) is 11.3 Å². The summed E-state index contributed by atoms with van der Waals surface area (Å²) in [6.07, 6.45) is 0. The minimum Gasteiger partial charge on any atom is -0.351 e. The molecule has 2 aromatic carbocycles. The second-order valence-electron chi connectivity index (χ2n) is 6.61. The van der Waals surface area contributed by atoms with Gasteiger partial charge in [0.25, 0.3) is 11.8 Å². The average Bonchev–Trinajstić information content (AvgIpc) is 3.25. The van der Waals surface area contributed by atoms with Gasteiger partial charge in [0.2, 0.25) is 0 Å². The standard InChI is InChI=1S/C22H22ClN3O2S/c1-26(15-16-6-3-2-4-7-16)12-11-24-21(27)17-9-10-18(23)19(14-17)25-22(28)20-8-5-13-29-20/h2-10,13-14H,11-12,15H2,1H3,(H,24,27)(H,25,28). The van der Waals surface area contributed by atoms with E-state index in [1.54, 1.807) is 30.3 Å². The number of carbonyl (C=O) groups is 2. The van der Waals surface area contributed by atoms with Gasteiger partial charge in [0, 0.05) is 25.2 Å². The molecule has 29 heavy (non-hydrogen) atoms. The molecule has 7 heteroatoms. The number of rotatable bonds is 8. The molecule has 2 amide bonds. The topological polar surface area (TPSA) is 61.4 Å². The van der Waals surface area contributed by atoms with Gasteiger partial charge in [0.1, 0.15) is 0 Å². The van der Waals surface area contributed by atoms with Crippen LogP contribution < -0.4 is 10.6 Å². The number of nitrogens with zero attached hydrogens (tertiary/aromatic N) is 1. The average molecular weight is 428 g/mol. The molecule has 0 aliphatic heterocycles. The molecule has 1 aromatic heterocycles. The molecule has 0 bridgehead atoms. The maximum absolute atomic E-state index is 12.5. The molecule has 0 saturated heterocycles. The Balaban J connectivity index is 1.53. The largest absolute Gasteiger partial charge is 0.351 e. The summed E-state index contributed by atoms with van der Waals surface area (Å²) < 4.78 is 0. The molecule has 0 aliphatic carbocycles. The predicted molar refractivity (Wildman–Crippen MR) is 119 cm³/mol. The number of hydrogen-bond acceptors (Lipinski definition) is 4. The minimum atomic E-state index is -0.248. The van der Waals surface area contributed by atoms with Crippen LogP contribution in [0, 0.1) is 0 Å². The van der Waals surface area contributed by atoms with Gasteiger partial charge in [-0.05, 0) is 42.3 Å².